The SMILES string of the molecule is CCCCCCCCCCCCCC(=O)O[C@H](CCCCCCCCCCC)CC(=O)N[C@H]1C(OC(=O)C[C@@H](CCCCCCCCCCC)OC(=O)CCCCCCCCCCCCC)[C@H](OP(=O)([O-])O)C(CO)O[C@H]1OCC1O[C@H](O)[C@@H](NC(=O)C[C@H](O)CCCCCCCCCCC)C(O)[C@@H]1O.[NH4+]. The maximum atomic E-state index is 14.8. The number of hydrogen-bond acceptors (Lipinski definition) is 19. The van der Waals surface area contributed by atoms with Crippen LogP contribution in [0.2, 0.25) is 0 Å². The fourth-order valence-electron chi connectivity index (χ4n) is 14.4. The second kappa shape index (κ2) is 66.7. The van der Waals surface area contributed by atoms with Crippen LogP contribution in [0.5, 0.6) is 0 Å². The van der Waals surface area contributed by atoms with E-state index in [-0.39, 0.29) is 31.8 Å². The second-order valence-corrected chi connectivity index (χ2v) is 31.8. The number of rotatable bonds is 71. The molecule has 626 valence electrons. The fraction of sp³-hybridized carbons (Fsp3) is 0.939. The summed E-state index contributed by atoms with van der Waals surface area (Å²) in [5, 5.41) is 61.2. The maximum Gasteiger partial charge on any atom is 0.310 e. The highest BCUT2D eigenvalue weighted by Crippen LogP contribution is 2.40. The van der Waals surface area contributed by atoms with E-state index in [1.165, 1.54) is 128 Å². The summed E-state index contributed by atoms with van der Waals surface area (Å²) in [5.41, 5.74) is 0. The molecule has 12 N–H and O–H groups in total. The van der Waals surface area contributed by atoms with Crippen molar-refractivity contribution in [2.75, 3.05) is 13.2 Å². The molecule has 2 aliphatic heterocycles. The Balaban J connectivity index is 0.0000562. The zero-order valence-electron chi connectivity index (χ0n) is 67.6. The monoisotopic (exact) mass is 1540 g/mol. The minimum absolute atomic E-state index is 0. The maximum absolute atomic E-state index is 14.8. The van der Waals surface area contributed by atoms with Gasteiger partial charge in [-0.1, -0.05) is 324 Å². The lowest BCUT2D eigenvalue weighted by molar-refractivity contribution is -0.304. The summed E-state index contributed by atoms with van der Waals surface area (Å²) in [6.45, 7) is 9.15. The van der Waals surface area contributed by atoms with Gasteiger partial charge in [-0.3, -0.25) is 28.5 Å². The molecule has 2 heterocycles. The number of hydrogen-bond donors (Lipinski definition) is 9. The topological polar surface area (TPSA) is 372 Å². The van der Waals surface area contributed by atoms with Gasteiger partial charge in [0.2, 0.25) is 11.8 Å². The van der Waals surface area contributed by atoms with Crippen LogP contribution < -0.4 is 21.7 Å². The van der Waals surface area contributed by atoms with Crippen molar-refractivity contribution >= 4 is 37.5 Å². The summed E-state index contributed by atoms with van der Waals surface area (Å²) in [5.74, 6) is -3.51. The highest BCUT2D eigenvalue weighted by atomic mass is 31.2. The Morgan fingerprint density at radius 2 is 0.764 bits per heavy atom. The van der Waals surface area contributed by atoms with Gasteiger partial charge < -0.3 is 85.0 Å². The van der Waals surface area contributed by atoms with Gasteiger partial charge in [-0.15, -0.1) is 0 Å². The Morgan fingerprint density at radius 1 is 0.425 bits per heavy atom. The average molecular weight is 1540 g/mol. The number of aliphatic hydroxyl groups is 5. The molecule has 0 aliphatic carbocycles. The Morgan fingerprint density at radius 3 is 1.14 bits per heavy atom. The van der Waals surface area contributed by atoms with Crippen molar-refractivity contribution in [2.45, 2.75) is 480 Å². The molecule has 2 fully saturated rings. The van der Waals surface area contributed by atoms with Gasteiger partial charge in [0.05, 0.1) is 38.6 Å². The first-order valence-electron chi connectivity index (χ1n) is 43.0. The predicted octanol–water partition coefficient (Wildman–Crippen LogP) is 16.8. The van der Waals surface area contributed by atoms with E-state index in [1.54, 1.807) is 0 Å². The molecule has 14 atom stereocenters. The van der Waals surface area contributed by atoms with Crippen molar-refractivity contribution in [3.63, 3.8) is 0 Å². The van der Waals surface area contributed by atoms with Crippen molar-refractivity contribution in [3.8, 4) is 0 Å². The molecular weight excluding hydrogens is 1380 g/mol. The van der Waals surface area contributed by atoms with Gasteiger partial charge in [0, 0.05) is 12.8 Å². The van der Waals surface area contributed by atoms with E-state index >= 15 is 0 Å². The number of carbonyl (C=O) groups excluding carboxylic acids is 5. The molecule has 0 bridgehead atoms. The molecule has 0 spiro atoms. The number of unbranched alkanes of at least 4 members (excludes halogenated alkanes) is 44. The fourth-order valence-corrected chi connectivity index (χ4v) is 15.0. The summed E-state index contributed by atoms with van der Waals surface area (Å²) in [6, 6.07) is -3.35. The van der Waals surface area contributed by atoms with Crippen molar-refractivity contribution in [1.29, 1.82) is 0 Å². The third kappa shape index (κ3) is 51.6. The largest absolute Gasteiger partial charge is 0.756 e. The van der Waals surface area contributed by atoms with E-state index in [1.807, 2.05) is 0 Å². The van der Waals surface area contributed by atoms with Gasteiger partial charge in [-0.25, -0.2) is 0 Å². The van der Waals surface area contributed by atoms with Crippen molar-refractivity contribution < 1.29 is 96.8 Å². The molecule has 23 nitrogen and oxygen atoms in total. The van der Waals surface area contributed by atoms with Crippen LogP contribution in [0.15, 0.2) is 0 Å². The van der Waals surface area contributed by atoms with E-state index in [0.29, 0.717) is 44.9 Å². The zero-order valence-corrected chi connectivity index (χ0v) is 68.5. The van der Waals surface area contributed by atoms with Gasteiger partial charge >= 0.3 is 17.9 Å². The van der Waals surface area contributed by atoms with Crippen molar-refractivity contribution in [2.24, 2.45) is 0 Å². The Bertz CT molecular complexity index is 2190. The van der Waals surface area contributed by atoms with Gasteiger partial charge in [0.25, 0.3) is 7.82 Å². The molecule has 2 amide bonds. The van der Waals surface area contributed by atoms with Crippen LogP contribution in [0.3, 0.4) is 0 Å². The van der Waals surface area contributed by atoms with E-state index in [2.05, 4.69) is 45.3 Å². The first-order chi connectivity index (χ1) is 50.8. The number of aliphatic hydroxyl groups excluding tert-OH is 5. The van der Waals surface area contributed by atoms with Crippen molar-refractivity contribution in [1.82, 2.24) is 16.8 Å². The second-order valence-electron chi connectivity index (χ2n) is 30.7. The molecule has 0 saturated carbocycles. The number of quaternary nitrogens is 1. The van der Waals surface area contributed by atoms with Gasteiger partial charge in [-0.2, -0.15) is 0 Å². The normalized spacial score (nSPS) is 21.7. The number of nitrogens with one attached hydrogen (secondary N) is 2. The molecule has 2 aliphatic rings. The summed E-state index contributed by atoms with van der Waals surface area (Å²) >= 11 is 0. The lowest BCUT2D eigenvalue weighted by Crippen LogP contribution is -2.67. The van der Waals surface area contributed by atoms with Crippen LogP contribution in [-0.2, 0) is 61.5 Å². The molecule has 0 aromatic rings. The minimum atomic E-state index is -5.81. The third-order valence-corrected chi connectivity index (χ3v) is 21.4. The quantitative estimate of drug-likeness (QED) is 0.0118. The number of carbonyl (C=O) groups is 5. The number of phosphoric acid groups is 1. The molecule has 2 saturated heterocycles. The summed E-state index contributed by atoms with van der Waals surface area (Å²) in [4.78, 5) is 93.3. The van der Waals surface area contributed by atoms with E-state index in [9.17, 15) is 63.9 Å². The summed E-state index contributed by atoms with van der Waals surface area (Å²) in [7, 11) is -5.81. The summed E-state index contributed by atoms with van der Waals surface area (Å²) < 4.78 is 54.5. The first kappa shape index (κ1) is 101. The van der Waals surface area contributed by atoms with Crippen LogP contribution in [0.25, 0.3) is 0 Å². The van der Waals surface area contributed by atoms with Crippen molar-refractivity contribution in [3.05, 3.63) is 0 Å². The lowest BCUT2D eigenvalue weighted by Gasteiger charge is -2.47. The molecular formula is C82H158N3O20P. The number of ether oxygens (including phenoxy) is 6. The van der Waals surface area contributed by atoms with Crippen LogP contribution in [0.4, 0.5) is 0 Å². The van der Waals surface area contributed by atoms with E-state index < -0.39 is 143 Å². The molecule has 5 unspecified atom stereocenters. The minimum Gasteiger partial charge on any atom is -0.756 e. The van der Waals surface area contributed by atoms with E-state index in [4.69, 9.17) is 32.9 Å². The Hall–Kier alpha value is -2.90. The van der Waals surface area contributed by atoms with Gasteiger partial charge in [0.1, 0.15) is 54.8 Å². The average Bonchev–Trinajstić information content (AvgIpc) is 0.780. The van der Waals surface area contributed by atoms with Crippen LogP contribution in [0.1, 0.15) is 401 Å². The van der Waals surface area contributed by atoms with Crippen LogP contribution in [0, 0.1) is 0 Å². The molecule has 106 heavy (non-hydrogen) atoms. The third-order valence-electron chi connectivity index (χ3n) is 20.8. The molecule has 0 radical (unpaired) electrons. The highest BCUT2D eigenvalue weighted by molar-refractivity contribution is 7.44. The standard InChI is InChI=1S/C82H155N2O20P.H3N/c1-6-11-16-21-26-31-33-38-43-48-53-58-72(89)99-66(56-51-46-41-36-29-24-19-14-9-4)61-71(88)84-76-80(103-74(91)62-67(57-52-47-42-37-30-25-20-15-10-5)100-73(90)59-54-49-44-39-34-32-27-22-17-12-7-2)79(104-105(95,96)97)68(63-85)102-82(76)98-64-69-77(92)78(93)75(81(94)101-69)83-70(87)60-65(86)55-50-45-40-35-28-23-18-13-8-3;/h65-69,75-82,85-86,92-94H,6-64H2,1-5H3,(H,83,87)(H,84,88)(H2,95,96,97);1H3/t65-,66-,67-,68?,69?,75+,76+,77-,78?,79-,80?,81+,82-;/m1./s1. The van der Waals surface area contributed by atoms with Gasteiger partial charge in [-0.05, 0) is 44.9 Å². The zero-order chi connectivity index (χ0) is 77.0. The number of amides is 2. The Labute approximate surface area is 641 Å². The highest BCUT2D eigenvalue weighted by Gasteiger charge is 2.53. The first-order valence-corrected chi connectivity index (χ1v) is 44.4. The molecule has 2 rings (SSSR count). The smallest absolute Gasteiger partial charge is 0.310 e. The molecule has 0 aromatic heterocycles. The van der Waals surface area contributed by atoms with Gasteiger partial charge in [0.15, 0.2) is 18.7 Å². The number of esters is 3. The van der Waals surface area contributed by atoms with Crippen LogP contribution in [-0.4, -0.2) is 153 Å². The number of phosphoric ester groups is 1. The molecule has 24 heteroatoms. The Kier molecular flexibility index (Phi) is 63.6. The van der Waals surface area contributed by atoms with E-state index in [0.717, 1.165) is 154 Å². The predicted molar refractivity (Wildman–Crippen MR) is 416 cm³/mol. The summed E-state index contributed by atoms with van der Waals surface area (Å²) in [6.07, 6.45) is 34.0. The molecule has 0 aromatic carbocycles. The lowest BCUT2D eigenvalue weighted by atomic mass is 9.95. The van der Waals surface area contributed by atoms with Crippen LogP contribution >= 0.6 is 7.82 Å².